The van der Waals surface area contributed by atoms with Crippen molar-refractivity contribution in [1.29, 1.82) is 5.26 Å². The van der Waals surface area contributed by atoms with Gasteiger partial charge >= 0.3 is 6.18 Å². The number of ether oxygens (including phenoxy) is 2. The van der Waals surface area contributed by atoms with E-state index in [1.807, 2.05) is 25.1 Å². The molecule has 0 radical (unpaired) electrons. The van der Waals surface area contributed by atoms with Crippen molar-refractivity contribution in [3.8, 4) is 17.7 Å². The predicted octanol–water partition coefficient (Wildman–Crippen LogP) is 6.01. The normalized spacial score (nSPS) is 13.2. The molecule has 0 saturated carbocycles. The van der Waals surface area contributed by atoms with Crippen molar-refractivity contribution < 1.29 is 31.8 Å². The van der Waals surface area contributed by atoms with E-state index in [0.29, 0.717) is 23.9 Å². The lowest BCUT2D eigenvalue weighted by atomic mass is 9.85. The average molecular weight is 544 g/mol. The molecule has 1 unspecified atom stereocenters. The number of hydrogen-bond donors (Lipinski definition) is 1. The van der Waals surface area contributed by atoms with Gasteiger partial charge in [0.25, 0.3) is 5.91 Å². The first-order valence-corrected chi connectivity index (χ1v) is 12.2. The number of carbonyl (C=O) groups is 1. The largest absolute Gasteiger partial charge is 0.491 e. The summed E-state index contributed by atoms with van der Waals surface area (Å²) in [5.74, 6) is -0.325. The maximum Gasteiger partial charge on any atom is 0.417 e. The smallest absolute Gasteiger partial charge is 0.417 e. The van der Waals surface area contributed by atoms with Crippen LogP contribution < -0.4 is 14.8 Å². The number of halogens is 4. The Morgan fingerprint density at radius 1 is 1.10 bits per heavy atom. The van der Waals surface area contributed by atoms with E-state index < -0.39 is 36.0 Å². The van der Waals surface area contributed by atoms with E-state index in [0.717, 1.165) is 23.3 Å². The fourth-order valence-corrected chi connectivity index (χ4v) is 3.95. The van der Waals surface area contributed by atoms with Crippen molar-refractivity contribution in [3.63, 3.8) is 0 Å². The first-order valence-electron chi connectivity index (χ1n) is 12.2. The summed E-state index contributed by atoms with van der Waals surface area (Å²) in [6.45, 7) is 4.19. The summed E-state index contributed by atoms with van der Waals surface area (Å²) in [6, 6.07) is 17.9. The molecule has 6 nitrogen and oxygen atoms in total. The van der Waals surface area contributed by atoms with Crippen LogP contribution >= 0.6 is 0 Å². The number of hydrogen-bond acceptors (Lipinski definition) is 5. The van der Waals surface area contributed by atoms with E-state index in [9.17, 15) is 27.6 Å². The topological polar surface area (TPSA) is 84.2 Å². The van der Waals surface area contributed by atoms with Crippen molar-refractivity contribution in [2.24, 2.45) is 0 Å². The number of nitrogens with one attached hydrogen (secondary N) is 1. The summed E-state index contributed by atoms with van der Waals surface area (Å²) < 4.78 is 61.8. The minimum atomic E-state index is -4.53. The fourth-order valence-electron chi connectivity index (χ4n) is 3.95. The van der Waals surface area contributed by atoms with E-state index in [-0.39, 0.29) is 18.4 Å². The van der Waals surface area contributed by atoms with Gasteiger partial charge in [-0.3, -0.25) is 4.79 Å². The maximum absolute atomic E-state index is 13.2. The third-order valence-corrected chi connectivity index (χ3v) is 6.10. The van der Waals surface area contributed by atoms with Gasteiger partial charge in [-0.2, -0.15) is 18.4 Å². The van der Waals surface area contributed by atoms with E-state index in [1.165, 1.54) is 13.8 Å². The van der Waals surface area contributed by atoms with Crippen LogP contribution in [-0.2, 0) is 17.4 Å². The van der Waals surface area contributed by atoms with Crippen LogP contribution in [0.3, 0.4) is 0 Å². The SMILES string of the molecule is C[C@H](NC(=O)C(C)(C)Oc1ccc(C(F)(F)F)cn1)C(Cc1ccc(OCCF)cc1)c1cccc(C#N)c1. The number of aromatic nitrogens is 1. The summed E-state index contributed by atoms with van der Waals surface area (Å²) in [7, 11) is 0. The molecule has 39 heavy (non-hydrogen) atoms. The summed E-state index contributed by atoms with van der Waals surface area (Å²) in [6.07, 6.45) is -3.38. The van der Waals surface area contributed by atoms with Gasteiger partial charge in [-0.25, -0.2) is 9.37 Å². The molecule has 0 saturated heterocycles. The lowest BCUT2D eigenvalue weighted by Crippen LogP contribution is -2.51. The van der Waals surface area contributed by atoms with Gasteiger partial charge in [0.2, 0.25) is 5.88 Å². The lowest BCUT2D eigenvalue weighted by molar-refractivity contribution is -0.138. The highest BCUT2D eigenvalue weighted by Gasteiger charge is 2.34. The van der Waals surface area contributed by atoms with Gasteiger partial charge in [0, 0.05) is 24.2 Å². The molecule has 10 heteroatoms. The lowest BCUT2D eigenvalue weighted by Gasteiger charge is -2.30. The number of amides is 1. The Labute approximate surface area is 224 Å². The third-order valence-electron chi connectivity index (χ3n) is 6.10. The molecule has 1 aromatic heterocycles. The second kappa shape index (κ2) is 12.6. The van der Waals surface area contributed by atoms with Crippen LogP contribution in [-0.4, -0.2) is 35.8 Å². The van der Waals surface area contributed by atoms with Crippen molar-refractivity contribution in [3.05, 3.63) is 89.1 Å². The number of nitriles is 1. The molecule has 2 aromatic carbocycles. The number of rotatable bonds is 11. The van der Waals surface area contributed by atoms with E-state index in [4.69, 9.17) is 9.47 Å². The van der Waals surface area contributed by atoms with Crippen LogP contribution in [0.4, 0.5) is 17.6 Å². The Morgan fingerprint density at radius 3 is 2.41 bits per heavy atom. The summed E-state index contributed by atoms with van der Waals surface area (Å²) >= 11 is 0. The van der Waals surface area contributed by atoms with Gasteiger partial charge in [-0.15, -0.1) is 0 Å². The molecule has 0 spiro atoms. The first-order chi connectivity index (χ1) is 18.4. The van der Waals surface area contributed by atoms with Gasteiger partial charge in [-0.05, 0) is 68.7 Å². The van der Waals surface area contributed by atoms with E-state index >= 15 is 0 Å². The molecular formula is C29H29F4N3O3. The fraction of sp³-hybridized carbons (Fsp3) is 0.345. The molecule has 0 fully saturated rings. The average Bonchev–Trinajstić information content (AvgIpc) is 2.90. The van der Waals surface area contributed by atoms with Gasteiger partial charge in [0.1, 0.15) is 19.0 Å². The molecule has 206 valence electrons. The number of nitrogens with zero attached hydrogens (tertiary/aromatic N) is 2. The van der Waals surface area contributed by atoms with Crippen LogP contribution in [0.15, 0.2) is 66.9 Å². The standard InChI is InChI=1S/C29H29F4N3O3/c1-19(36-27(37)28(2,3)39-26-12-9-23(18-35-26)29(31,32)33)25(22-6-4-5-21(15-22)17-34)16-20-7-10-24(11-8-20)38-14-13-30/h4-12,15,18-19,25H,13-14,16H2,1-3H3,(H,36,37)/t19-,25?/m0/s1. The zero-order valence-corrected chi connectivity index (χ0v) is 21.8. The van der Waals surface area contributed by atoms with E-state index in [2.05, 4.69) is 16.4 Å². The minimum absolute atomic E-state index is 0.0359. The molecule has 3 rings (SSSR count). The van der Waals surface area contributed by atoms with Crippen LogP contribution in [0.5, 0.6) is 11.6 Å². The van der Waals surface area contributed by atoms with E-state index in [1.54, 1.807) is 30.3 Å². The maximum atomic E-state index is 13.2. The Hall–Kier alpha value is -4.13. The van der Waals surface area contributed by atoms with Crippen LogP contribution in [0, 0.1) is 11.3 Å². The van der Waals surface area contributed by atoms with Crippen LogP contribution in [0.2, 0.25) is 0 Å². The van der Waals surface area contributed by atoms with Crippen LogP contribution in [0.25, 0.3) is 0 Å². The van der Waals surface area contributed by atoms with Crippen LogP contribution in [0.1, 0.15) is 48.9 Å². The number of pyridine rings is 1. The molecule has 1 amide bonds. The van der Waals surface area contributed by atoms with Crippen molar-refractivity contribution in [1.82, 2.24) is 10.3 Å². The second-order valence-corrected chi connectivity index (χ2v) is 9.49. The highest BCUT2D eigenvalue weighted by molar-refractivity contribution is 5.85. The zero-order valence-electron chi connectivity index (χ0n) is 21.8. The van der Waals surface area contributed by atoms with Crippen molar-refractivity contribution in [2.45, 2.75) is 50.9 Å². The van der Waals surface area contributed by atoms with Gasteiger partial charge < -0.3 is 14.8 Å². The van der Waals surface area contributed by atoms with Crippen molar-refractivity contribution >= 4 is 5.91 Å². The molecule has 2 atom stereocenters. The molecule has 3 aromatic rings. The van der Waals surface area contributed by atoms with Gasteiger partial charge in [-0.1, -0.05) is 24.3 Å². The quantitative estimate of drug-likeness (QED) is 0.300. The number of benzene rings is 2. The molecule has 0 aliphatic carbocycles. The monoisotopic (exact) mass is 543 g/mol. The highest BCUT2D eigenvalue weighted by atomic mass is 19.4. The summed E-state index contributed by atoms with van der Waals surface area (Å²) in [5, 5.41) is 12.3. The number of carbonyl (C=O) groups excluding carboxylic acids is 1. The van der Waals surface area contributed by atoms with Gasteiger partial charge in [0.05, 0.1) is 17.2 Å². The highest BCUT2D eigenvalue weighted by Crippen LogP contribution is 2.30. The molecule has 0 aliphatic rings. The second-order valence-electron chi connectivity index (χ2n) is 9.49. The van der Waals surface area contributed by atoms with Gasteiger partial charge in [0.15, 0.2) is 5.60 Å². The molecule has 1 heterocycles. The number of alkyl halides is 4. The Balaban J connectivity index is 1.78. The predicted molar refractivity (Wildman–Crippen MR) is 137 cm³/mol. The Morgan fingerprint density at radius 2 is 1.82 bits per heavy atom. The first kappa shape index (κ1) is 29.4. The molecule has 1 N–H and O–H groups in total. The molecule has 0 aliphatic heterocycles. The molecular weight excluding hydrogens is 514 g/mol. The van der Waals surface area contributed by atoms with Crippen molar-refractivity contribution in [2.75, 3.05) is 13.3 Å². The molecule has 0 bridgehead atoms. The summed E-state index contributed by atoms with van der Waals surface area (Å²) in [5.41, 5.74) is -0.128. The summed E-state index contributed by atoms with van der Waals surface area (Å²) in [4.78, 5) is 16.9. The minimum Gasteiger partial charge on any atom is -0.491 e. The third kappa shape index (κ3) is 8.18. The zero-order chi connectivity index (χ0) is 28.6. The Kier molecular flexibility index (Phi) is 9.51. The Bertz CT molecular complexity index is 1290.